The van der Waals surface area contributed by atoms with Crippen LogP contribution in [0.2, 0.25) is 0 Å². The third-order valence-electron chi connectivity index (χ3n) is 2.78. The van der Waals surface area contributed by atoms with Crippen LogP contribution in [0, 0.1) is 12.8 Å². The van der Waals surface area contributed by atoms with Gasteiger partial charge in [-0.05, 0) is 25.7 Å². The van der Waals surface area contributed by atoms with Crippen molar-refractivity contribution in [3.63, 3.8) is 0 Å². The van der Waals surface area contributed by atoms with Gasteiger partial charge in [0, 0.05) is 6.07 Å². The molecule has 0 aromatic carbocycles. The van der Waals surface area contributed by atoms with Crippen molar-refractivity contribution in [3.8, 4) is 0 Å². The smallest absolute Gasteiger partial charge is 0.122 e. The van der Waals surface area contributed by atoms with Gasteiger partial charge < -0.3 is 5.73 Å². The summed E-state index contributed by atoms with van der Waals surface area (Å²) in [6.07, 6.45) is 2.54. The molecule has 1 saturated carbocycles. The highest BCUT2D eigenvalue weighted by molar-refractivity contribution is 5.31. The molecule has 0 aliphatic heterocycles. The molecule has 0 bridgehead atoms. The van der Waals surface area contributed by atoms with Gasteiger partial charge in [-0.1, -0.05) is 6.92 Å². The maximum absolute atomic E-state index is 5.81. The first-order valence-corrected chi connectivity index (χ1v) is 4.50. The highest BCUT2D eigenvalue weighted by atomic mass is 15.3. The minimum absolute atomic E-state index is 0.554. The van der Waals surface area contributed by atoms with Gasteiger partial charge in [0.15, 0.2) is 0 Å². The van der Waals surface area contributed by atoms with Gasteiger partial charge in [0.05, 0.1) is 11.7 Å². The Labute approximate surface area is 72.6 Å². The molecule has 1 aromatic rings. The average Bonchev–Trinajstić information content (AvgIpc) is 2.28. The summed E-state index contributed by atoms with van der Waals surface area (Å²) in [5, 5.41) is 4.37. The zero-order valence-corrected chi connectivity index (χ0v) is 7.62. The topological polar surface area (TPSA) is 43.8 Å². The van der Waals surface area contributed by atoms with Crippen molar-refractivity contribution in [1.82, 2.24) is 9.78 Å². The van der Waals surface area contributed by atoms with E-state index in [0.29, 0.717) is 6.04 Å². The molecule has 0 spiro atoms. The maximum Gasteiger partial charge on any atom is 0.122 e. The van der Waals surface area contributed by atoms with E-state index in [4.69, 9.17) is 5.73 Å². The lowest BCUT2D eigenvalue weighted by Gasteiger charge is -2.34. The van der Waals surface area contributed by atoms with Crippen LogP contribution in [-0.2, 0) is 0 Å². The standard InChI is InChI=1S/C9H15N3/c1-6-3-4-8(6)12-9(10)5-7(2)11-12/h5-6,8H,3-4,10H2,1-2H3. The van der Waals surface area contributed by atoms with E-state index in [1.54, 1.807) is 0 Å². The summed E-state index contributed by atoms with van der Waals surface area (Å²) in [5.41, 5.74) is 6.83. The maximum atomic E-state index is 5.81. The van der Waals surface area contributed by atoms with Gasteiger partial charge in [0.25, 0.3) is 0 Å². The number of aryl methyl sites for hydroxylation is 1. The van der Waals surface area contributed by atoms with E-state index in [2.05, 4.69) is 12.0 Å². The SMILES string of the molecule is Cc1cc(N)n(C2CCC2C)n1. The van der Waals surface area contributed by atoms with Crippen LogP contribution in [-0.4, -0.2) is 9.78 Å². The van der Waals surface area contributed by atoms with Gasteiger partial charge in [0.1, 0.15) is 5.82 Å². The molecule has 0 radical (unpaired) electrons. The van der Waals surface area contributed by atoms with Crippen LogP contribution in [0.3, 0.4) is 0 Å². The molecule has 0 amide bonds. The van der Waals surface area contributed by atoms with Crippen molar-refractivity contribution < 1.29 is 0 Å². The molecule has 2 rings (SSSR count). The Morgan fingerprint density at radius 2 is 2.33 bits per heavy atom. The summed E-state index contributed by atoms with van der Waals surface area (Å²) < 4.78 is 1.98. The third-order valence-corrected chi connectivity index (χ3v) is 2.78. The van der Waals surface area contributed by atoms with Gasteiger partial charge in [-0.2, -0.15) is 5.10 Å². The van der Waals surface area contributed by atoms with Gasteiger partial charge in [-0.3, -0.25) is 0 Å². The van der Waals surface area contributed by atoms with Crippen LogP contribution in [0.4, 0.5) is 5.82 Å². The fourth-order valence-electron chi connectivity index (χ4n) is 1.81. The molecule has 1 aliphatic carbocycles. The Morgan fingerprint density at radius 3 is 2.67 bits per heavy atom. The van der Waals surface area contributed by atoms with Crippen LogP contribution in [0.15, 0.2) is 6.07 Å². The number of anilines is 1. The van der Waals surface area contributed by atoms with Crippen LogP contribution in [0.25, 0.3) is 0 Å². The lowest BCUT2D eigenvalue weighted by Crippen LogP contribution is -2.28. The molecular formula is C9H15N3. The van der Waals surface area contributed by atoms with E-state index in [0.717, 1.165) is 17.4 Å². The van der Waals surface area contributed by atoms with E-state index in [1.165, 1.54) is 12.8 Å². The number of aromatic nitrogens is 2. The van der Waals surface area contributed by atoms with Crippen LogP contribution < -0.4 is 5.73 Å². The van der Waals surface area contributed by atoms with E-state index in [1.807, 2.05) is 17.7 Å². The Kier molecular flexibility index (Phi) is 1.60. The zero-order chi connectivity index (χ0) is 8.72. The highest BCUT2D eigenvalue weighted by Crippen LogP contribution is 2.38. The first kappa shape index (κ1) is 7.65. The summed E-state index contributed by atoms with van der Waals surface area (Å²) >= 11 is 0. The fraction of sp³-hybridized carbons (Fsp3) is 0.667. The van der Waals surface area contributed by atoms with Crippen molar-refractivity contribution in [2.24, 2.45) is 5.92 Å². The number of nitrogens with two attached hydrogens (primary N) is 1. The molecule has 2 N–H and O–H groups in total. The molecule has 2 atom stereocenters. The molecule has 1 aliphatic rings. The molecule has 1 heterocycles. The van der Waals surface area contributed by atoms with E-state index < -0.39 is 0 Å². The van der Waals surface area contributed by atoms with E-state index >= 15 is 0 Å². The lowest BCUT2D eigenvalue weighted by molar-refractivity contribution is 0.187. The van der Waals surface area contributed by atoms with Crippen LogP contribution in [0.1, 0.15) is 31.5 Å². The molecule has 3 nitrogen and oxygen atoms in total. The Hall–Kier alpha value is -0.990. The summed E-state index contributed by atoms with van der Waals surface area (Å²) in [6, 6.07) is 2.49. The van der Waals surface area contributed by atoms with E-state index in [9.17, 15) is 0 Å². The fourth-order valence-corrected chi connectivity index (χ4v) is 1.81. The zero-order valence-electron chi connectivity index (χ0n) is 7.62. The summed E-state index contributed by atoms with van der Waals surface area (Å²) in [7, 11) is 0. The summed E-state index contributed by atoms with van der Waals surface area (Å²) in [6.45, 7) is 4.24. The summed E-state index contributed by atoms with van der Waals surface area (Å²) in [4.78, 5) is 0. The van der Waals surface area contributed by atoms with Crippen molar-refractivity contribution in [2.75, 3.05) is 5.73 Å². The highest BCUT2D eigenvalue weighted by Gasteiger charge is 2.30. The monoisotopic (exact) mass is 165 g/mol. The largest absolute Gasteiger partial charge is 0.384 e. The van der Waals surface area contributed by atoms with Crippen molar-refractivity contribution in [1.29, 1.82) is 0 Å². The van der Waals surface area contributed by atoms with Crippen molar-refractivity contribution >= 4 is 5.82 Å². The van der Waals surface area contributed by atoms with Gasteiger partial charge >= 0.3 is 0 Å². The molecule has 12 heavy (non-hydrogen) atoms. The predicted octanol–water partition coefficient (Wildman–Crippen LogP) is 1.74. The predicted molar refractivity (Wildman–Crippen MR) is 48.8 cm³/mol. The minimum atomic E-state index is 0.554. The summed E-state index contributed by atoms with van der Waals surface area (Å²) in [5.74, 6) is 1.55. The van der Waals surface area contributed by atoms with Gasteiger partial charge in [-0.15, -0.1) is 0 Å². The van der Waals surface area contributed by atoms with Gasteiger partial charge in [0.2, 0.25) is 0 Å². The normalized spacial score (nSPS) is 28.5. The molecule has 3 heteroatoms. The molecule has 2 unspecified atom stereocenters. The number of nitrogen functional groups attached to an aromatic ring is 1. The quantitative estimate of drug-likeness (QED) is 0.689. The minimum Gasteiger partial charge on any atom is -0.384 e. The number of hydrogen-bond donors (Lipinski definition) is 1. The Morgan fingerprint density at radius 1 is 1.58 bits per heavy atom. The van der Waals surface area contributed by atoms with Crippen LogP contribution >= 0.6 is 0 Å². The van der Waals surface area contributed by atoms with Gasteiger partial charge in [-0.25, -0.2) is 4.68 Å². The molecule has 66 valence electrons. The second-order valence-corrected chi connectivity index (χ2v) is 3.78. The van der Waals surface area contributed by atoms with Crippen molar-refractivity contribution in [3.05, 3.63) is 11.8 Å². The molecule has 1 aromatic heterocycles. The van der Waals surface area contributed by atoms with Crippen molar-refractivity contribution in [2.45, 2.75) is 32.7 Å². The molecule has 1 fully saturated rings. The second-order valence-electron chi connectivity index (χ2n) is 3.78. The average molecular weight is 165 g/mol. The molecule has 0 saturated heterocycles. The third kappa shape index (κ3) is 1.00. The first-order chi connectivity index (χ1) is 5.68. The lowest BCUT2D eigenvalue weighted by atomic mass is 9.81. The first-order valence-electron chi connectivity index (χ1n) is 4.50. The van der Waals surface area contributed by atoms with Crippen LogP contribution in [0.5, 0.6) is 0 Å². The number of rotatable bonds is 1. The second kappa shape index (κ2) is 2.51. The number of nitrogens with zero attached hydrogens (tertiary/aromatic N) is 2. The van der Waals surface area contributed by atoms with E-state index in [-0.39, 0.29) is 0 Å². The molecular weight excluding hydrogens is 150 g/mol. The number of hydrogen-bond acceptors (Lipinski definition) is 2. The Balaban J connectivity index is 2.27. The Bertz CT molecular complexity index is 290.